The molecule has 3 aromatic rings. The van der Waals surface area contributed by atoms with Crippen LogP contribution in [0.15, 0.2) is 41.9 Å². The summed E-state index contributed by atoms with van der Waals surface area (Å²) in [6.45, 7) is 5.47. The SMILES string of the molecule is CCNC(=NCc1cccc(-c2ncn[nH]2)c1)N1CCC(c2ncn[nH]2)CC1.I. The van der Waals surface area contributed by atoms with Crippen LogP contribution in [0.5, 0.6) is 0 Å². The van der Waals surface area contributed by atoms with Crippen molar-refractivity contribution in [3.05, 3.63) is 48.3 Å². The minimum absolute atomic E-state index is 0. The number of piperidine rings is 1. The van der Waals surface area contributed by atoms with E-state index in [9.17, 15) is 0 Å². The van der Waals surface area contributed by atoms with Crippen molar-refractivity contribution in [2.45, 2.75) is 32.2 Å². The van der Waals surface area contributed by atoms with Gasteiger partial charge in [-0.2, -0.15) is 10.2 Å². The first-order valence-corrected chi connectivity index (χ1v) is 9.66. The summed E-state index contributed by atoms with van der Waals surface area (Å²) >= 11 is 0. The van der Waals surface area contributed by atoms with E-state index in [1.54, 1.807) is 6.33 Å². The summed E-state index contributed by atoms with van der Waals surface area (Å²) in [7, 11) is 0. The van der Waals surface area contributed by atoms with Crippen molar-refractivity contribution in [1.82, 2.24) is 40.6 Å². The highest BCUT2D eigenvalue weighted by Crippen LogP contribution is 2.25. The van der Waals surface area contributed by atoms with Crippen LogP contribution >= 0.6 is 24.0 Å². The maximum absolute atomic E-state index is 4.87. The lowest BCUT2D eigenvalue weighted by Gasteiger charge is -2.33. The second-order valence-corrected chi connectivity index (χ2v) is 6.84. The van der Waals surface area contributed by atoms with Crippen LogP contribution in [0.4, 0.5) is 0 Å². The largest absolute Gasteiger partial charge is 0.357 e. The van der Waals surface area contributed by atoms with Crippen molar-refractivity contribution >= 4 is 29.9 Å². The van der Waals surface area contributed by atoms with Crippen molar-refractivity contribution in [2.75, 3.05) is 19.6 Å². The standard InChI is InChI=1S/C19H25N9.HI/c1-2-20-19(28-8-6-15(7-9-28)17-22-12-24-26-17)21-11-14-4-3-5-16(10-14)18-23-13-25-27-18;/h3-5,10,12-13,15H,2,6-9,11H2,1H3,(H,20,21)(H,22,24,26)(H,23,25,27);1H. The number of aliphatic imine (C=N–C) groups is 1. The Morgan fingerprint density at radius 2 is 1.97 bits per heavy atom. The Morgan fingerprint density at radius 3 is 2.66 bits per heavy atom. The number of H-pyrrole nitrogens is 2. The van der Waals surface area contributed by atoms with Crippen molar-refractivity contribution in [1.29, 1.82) is 0 Å². The van der Waals surface area contributed by atoms with Gasteiger partial charge in [0.05, 0.1) is 6.54 Å². The van der Waals surface area contributed by atoms with Gasteiger partial charge in [0.15, 0.2) is 11.8 Å². The predicted molar refractivity (Wildman–Crippen MR) is 122 cm³/mol. The lowest BCUT2D eigenvalue weighted by atomic mass is 9.96. The fraction of sp³-hybridized carbons (Fsp3) is 0.421. The summed E-state index contributed by atoms with van der Waals surface area (Å²) in [4.78, 5) is 15.7. The van der Waals surface area contributed by atoms with Gasteiger partial charge in [0.2, 0.25) is 0 Å². The Balaban J connectivity index is 0.00000240. The second-order valence-electron chi connectivity index (χ2n) is 6.84. The van der Waals surface area contributed by atoms with E-state index in [-0.39, 0.29) is 24.0 Å². The van der Waals surface area contributed by atoms with Gasteiger partial charge < -0.3 is 10.2 Å². The molecule has 0 spiro atoms. The molecule has 1 aromatic carbocycles. The average molecular weight is 507 g/mol. The van der Waals surface area contributed by atoms with Crippen LogP contribution in [0.2, 0.25) is 0 Å². The van der Waals surface area contributed by atoms with Crippen molar-refractivity contribution in [3.8, 4) is 11.4 Å². The van der Waals surface area contributed by atoms with Gasteiger partial charge in [-0.3, -0.25) is 10.2 Å². The van der Waals surface area contributed by atoms with E-state index in [1.165, 1.54) is 6.33 Å². The fourth-order valence-electron chi connectivity index (χ4n) is 3.53. The average Bonchev–Trinajstić information content (AvgIpc) is 3.46. The summed E-state index contributed by atoms with van der Waals surface area (Å²) in [5, 5.41) is 17.2. The Labute approximate surface area is 186 Å². The molecule has 2 aromatic heterocycles. The normalized spacial score (nSPS) is 15.2. The van der Waals surface area contributed by atoms with Gasteiger partial charge in [0.1, 0.15) is 18.5 Å². The molecule has 0 radical (unpaired) electrons. The summed E-state index contributed by atoms with van der Waals surface area (Å²) in [5.41, 5.74) is 2.16. The van der Waals surface area contributed by atoms with Gasteiger partial charge in [0.25, 0.3) is 0 Å². The van der Waals surface area contributed by atoms with Gasteiger partial charge in [-0.1, -0.05) is 18.2 Å². The van der Waals surface area contributed by atoms with Crippen LogP contribution in [0, 0.1) is 0 Å². The number of aromatic amines is 2. The predicted octanol–water partition coefficient (Wildman–Crippen LogP) is 2.55. The van der Waals surface area contributed by atoms with Crippen LogP contribution in [-0.2, 0) is 6.54 Å². The minimum atomic E-state index is 0. The van der Waals surface area contributed by atoms with Crippen LogP contribution in [0.25, 0.3) is 11.4 Å². The first-order valence-electron chi connectivity index (χ1n) is 9.66. The summed E-state index contributed by atoms with van der Waals surface area (Å²) in [5.74, 6) is 3.17. The molecule has 1 fully saturated rings. The van der Waals surface area contributed by atoms with Gasteiger partial charge in [0, 0.05) is 31.1 Å². The number of benzene rings is 1. The number of hydrogen-bond acceptors (Lipinski definition) is 5. The molecule has 0 aliphatic carbocycles. The maximum atomic E-state index is 4.87. The maximum Gasteiger partial charge on any atom is 0.194 e. The van der Waals surface area contributed by atoms with E-state index in [0.29, 0.717) is 12.5 Å². The number of hydrogen-bond donors (Lipinski definition) is 3. The molecular formula is C19H26IN9. The molecule has 154 valence electrons. The van der Waals surface area contributed by atoms with Crippen LogP contribution in [0.3, 0.4) is 0 Å². The molecule has 3 heterocycles. The van der Waals surface area contributed by atoms with E-state index in [1.807, 2.05) is 12.1 Å². The number of guanidine groups is 1. The zero-order valence-electron chi connectivity index (χ0n) is 16.4. The van der Waals surface area contributed by atoms with E-state index < -0.39 is 0 Å². The molecule has 4 rings (SSSR count). The fourth-order valence-corrected chi connectivity index (χ4v) is 3.53. The molecule has 1 aliphatic heterocycles. The number of rotatable bonds is 5. The number of nitrogens with zero attached hydrogens (tertiary/aromatic N) is 6. The molecule has 1 saturated heterocycles. The third-order valence-corrected chi connectivity index (χ3v) is 4.98. The molecule has 0 atom stereocenters. The Bertz CT molecular complexity index is 884. The highest BCUT2D eigenvalue weighted by molar-refractivity contribution is 14.0. The molecule has 9 nitrogen and oxygen atoms in total. The summed E-state index contributed by atoms with van der Waals surface area (Å²) in [6, 6.07) is 8.23. The zero-order valence-corrected chi connectivity index (χ0v) is 18.7. The van der Waals surface area contributed by atoms with Gasteiger partial charge >= 0.3 is 0 Å². The molecule has 10 heteroatoms. The second kappa shape index (κ2) is 10.3. The third kappa shape index (κ3) is 5.31. The minimum Gasteiger partial charge on any atom is -0.357 e. The first-order chi connectivity index (χ1) is 13.8. The van der Waals surface area contributed by atoms with Crippen LogP contribution in [-0.4, -0.2) is 60.9 Å². The number of likely N-dealkylation sites (tertiary alicyclic amines) is 1. The highest BCUT2D eigenvalue weighted by atomic mass is 127. The highest BCUT2D eigenvalue weighted by Gasteiger charge is 2.24. The quantitative estimate of drug-likeness (QED) is 0.278. The van der Waals surface area contributed by atoms with Crippen LogP contribution < -0.4 is 5.32 Å². The monoisotopic (exact) mass is 507 g/mol. The molecule has 0 saturated carbocycles. The van der Waals surface area contributed by atoms with E-state index >= 15 is 0 Å². The molecule has 3 N–H and O–H groups in total. The molecule has 0 amide bonds. The van der Waals surface area contributed by atoms with Gasteiger partial charge in [-0.05, 0) is 31.4 Å². The van der Waals surface area contributed by atoms with E-state index in [4.69, 9.17) is 4.99 Å². The molecular weight excluding hydrogens is 481 g/mol. The smallest absolute Gasteiger partial charge is 0.194 e. The van der Waals surface area contributed by atoms with E-state index in [0.717, 1.165) is 61.2 Å². The Morgan fingerprint density at radius 1 is 1.17 bits per heavy atom. The molecule has 0 unspecified atom stereocenters. The summed E-state index contributed by atoms with van der Waals surface area (Å²) in [6.07, 6.45) is 5.19. The van der Waals surface area contributed by atoms with Crippen molar-refractivity contribution in [2.24, 2.45) is 4.99 Å². The lowest BCUT2D eigenvalue weighted by Crippen LogP contribution is -2.45. The lowest BCUT2D eigenvalue weighted by molar-refractivity contribution is 0.299. The number of nitrogens with one attached hydrogen (secondary N) is 3. The zero-order chi connectivity index (χ0) is 19.2. The Kier molecular flexibility index (Phi) is 7.55. The number of halogens is 1. The topological polar surface area (TPSA) is 111 Å². The molecule has 29 heavy (non-hydrogen) atoms. The summed E-state index contributed by atoms with van der Waals surface area (Å²) < 4.78 is 0. The first kappa shape index (κ1) is 21.2. The molecule has 1 aliphatic rings. The van der Waals surface area contributed by atoms with Crippen molar-refractivity contribution in [3.63, 3.8) is 0 Å². The van der Waals surface area contributed by atoms with Gasteiger partial charge in [-0.25, -0.2) is 15.0 Å². The van der Waals surface area contributed by atoms with Gasteiger partial charge in [-0.15, -0.1) is 24.0 Å². The Hall–Kier alpha value is -2.50. The van der Waals surface area contributed by atoms with E-state index in [2.05, 4.69) is 59.6 Å². The van der Waals surface area contributed by atoms with Crippen molar-refractivity contribution < 1.29 is 0 Å². The van der Waals surface area contributed by atoms with Crippen LogP contribution in [0.1, 0.15) is 37.1 Å². The third-order valence-electron chi connectivity index (χ3n) is 4.98. The number of aromatic nitrogens is 6. The molecule has 0 bridgehead atoms.